The van der Waals surface area contributed by atoms with E-state index in [1.807, 2.05) is 0 Å². The molecule has 3 N–H and O–H groups in total. The summed E-state index contributed by atoms with van der Waals surface area (Å²) < 4.78 is 0. The molecular formula is C13H24N4OS. The molecule has 0 radical (unpaired) electrons. The summed E-state index contributed by atoms with van der Waals surface area (Å²) >= 11 is 1.23. The molecule has 0 fully saturated rings. The van der Waals surface area contributed by atoms with E-state index in [2.05, 4.69) is 42.9 Å². The quantitative estimate of drug-likeness (QED) is 0.836. The second-order valence-electron chi connectivity index (χ2n) is 5.15. The number of nitrogens with two attached hydrogens (primary N) is 1. The Kier molecular flexibility index (Phi) is 5.75. The van der Waals surface area contributed by atoms with Crippen LogP contribution < -0.4 is 11.1 Å². The van der Waals surface area contributed by atoms with E-state index in [4.69, 9.17) is 5.73 Å². The van der Waals surface area contributed by atoms with Crippen LogP contribution in [0.25, 0.3) is 0 Å². The fraction of sp³-hybridized carbons (Fsp3) is 0.692. The Morgan fingerprint density at radius 2 is 1.95 bits per heavy atom. The Morgan fingerprint density at radius 1 is 1.37 bits per heavy atom. The largest absolute Gasteiger partial charge is 0.375 e. The molecule has 1 heterocycles. The molecule has 1 rings (SSSR count). The number of thiazole rings is 1. The molecule has 0 aliphatic carbocycles. The highest BCUT2D eigenvalue weighted by Crippen LogP contribution is 2.19. The fourth-order valence-electron chi connectivity index (χ4n) is 2.12. The molecule has 0 unspecified atom stereocenters. The zero-order valence-corrected chi connectivity index (χ0v) is 13.2. The SMILES string of the molecule is Cc1nc(N)sc1C(=O)NCCN(C(C)C)C(C)C. The van der Waals surface area contributed by atoms with E-state index in [9.17, 15) is 4.79 Å². The van der Waals surface area contributed by atoms with Crippen LogP contribution in [0.3, 0.4) is 0 Å². The van der Waals surface area contributed by atoms with Crippen LogP contribution in [0.5, 0.6) is 0 Å². The molecule has 108 valence electrons. The van der Waals surface area contributed by atoms with Crippen LogP contribution in [0.4, 0.5) is 5.13 Å². The van der Waals surface area contributed by atoms with Gasteiger partial charge in [0.05, 0.1) is 5.69 Å². The molecule has 6 heteroatoms. The lowest BCUT2D eigenvalue weighted by Crippen LogP contribution is -2.42. The van der Waals surface area contributed by atoms with Crippen molar-refractivity contribution in [2.75, 3.05) is 18.8 Å². The topological polar surface area (TPSA) is 71.2 Å². The molecule has 1 aromatic heterocycles. The highest BCUT2D eigenvalue weighted by molar-refractivity contribution is 7.17. The van der Waals surface area contributed by atoms with Gasteiger partial charge in [-0.25, -0.2) is 4.98 Å². The van der Waals surface area contributed by atoms with E-state index in [-0.39, 0.29) is 5.91 Å². The zero-order valence-electron chi connectivity index (χ0n) is 12.4. The second kappa shape index (κ2) is 6.86. The highest BCUT2D eigenvalue weighted by Gasteiger charge is 2.16. The van der Waals surface area contributed by atoms with E-state index in [0.29, 0.717) is 34.3 Å². The minimum atomic E-state index is -0.0841. The third kappa shape index (κ3) is 4.47. The molecule has 0 bridgehead atoms. The highest BCUT2D eigenvalue weighted by atomic mass is 32.1. The molecule has 1 aromatic rings. The lowest BCUT2D eigenvalue weighted by atomic mass is 10.2. The number of nitrogens with one attached hydrogen (secondary N) is 1. The summed E-state index contributed by atoms with van der Waals surface area (Å²) in [6, 6.07) is 0.940. The summed E-state index contributed by atoms with van der Waals surface area (Å²) in [6.07, 6.45) is 0. The number of rotatable bonds is 6. The lowest BCUT2D eigenvalue weighted by Gasteiger charge is -2.30. The van der Waals surface area contributed by atoms with Gasteiger partial charge in [0.2, 0.25) is 0 Å². The number of nitrogens with zero attached hydrogens (tertiary/aromatic N) is 2. The first-order valence-electron chi connectivity index (χ1n) is 6.59. The maximum absolute atomic E-state index is 12.0. The summed E-state index contributed by atoms with van der Waals surface area (Å²) in [5.41, 5.74) is 6.29. The van der Waals surface area contributed by atoms with Crippen molar-refractivity contribution >= 4 is 22.4 Å². The van der Waals surface area contributed by atoms with Crippen molar-refractivity contribution in [3.63, 3.8) is 0 Å². The first-order valence-corrected chi connectivity index (χ1v) is 7.41. The third-order valence-corrected chi connectivity index (χ3v) is 3.99. The Morgan fingerprint density at radius 3 is 2.37 bits per heavy atom. The number of hydrogen-bond acceptors (Lipinski definition) is 5. The predicted molar refractivity (Wildman–Crippen MR) is 80.6 cm³/mol. The van der Waals surface area contributed by atoms with E-state index in [0.717, 1.165) is 6.54 Å². The molecule has 0 aliphatic rings. The van der Waals surface area contributed by atoms with Crippen molar-refractivity contribution in [3.8, 4) is 0 Å². The van der Waals surface area contributed by atoms with Gasteiger partial charge in [0.1, 0.15) is 4.88 Å². The van der Waals surface area contributed by atoms with Gasteiger partial charge in [0.15, 0.2) is 5.13 Å². The van der Waals surface area contributed by atoms with Crippen molar-refractivity contribution < 1.29 is 4.79 Å². The molecule has 0 aromatic carbocycles. The Balaban J connectivity index is 2.49. The van der Waals surface area contributed by atoms with Crippen molar-refractivity contribution in [2.24, 2.45) is 0 Å². The number of aromatic nitrogens is 1. The summed E-state index contributed by atoms with van der Waals surface area (Å²) in [6.45, 7) is 11.9. The number of carbonyl (C=O) groups excluding carboxylic acids is 1. The monoisotopic (exact) mass is 284 g/mol. The standard InChI is InChI=1S/C13H24N4OS/c1-8(2)17(9(3)4)7-6-15-12(18)11-10(5)16-13(14)19-11/h8-9H,6-7H2,1-5H3,(H2,14,16)(H,15,18). The second-order valence-corrected chi connectivity index (χ2v) is 6.18. The zero-order chi connectivity index (χ0) is 14.6. The smallest absolute Gasteiger partial charge is 0.263 e. The number of carbonyl (C=O) groups is 1. The average molecular weight is 284 g/mol. The molecular weight excluding hydrogens is 260 g/mol. The predicted octanol–water partition coefficient (Wildman–Crippen LogP) is 1.88. The van der Waals surface area contributed by atoms with Gasteiger partial charge < -0.3 is 11.1 Å². The van der Waals surface area contributed by atoms with Crippen LogP contribution in [0, 0.1) is 6.92 Å². The van der Waals surface area contributed by atoms with E-state index >= 15 is 0 Å². The molecule has 5 nitrogen and oxygen atoms in total. The van der Waals surface area contributed by atoms with Crippen molar-refractivity contribution in [1.82, 2.24) is 15.2 Å². The number of aryl methyl sites for hydroxylation is 1. The average Bonchev–Trinajstić information content (AvgIpc) is 2.62. The molecule has 0 spiro atoms. The number of anilines is 1. The van der Waals surface area contributed by atoms with Crippen molar-refractivity contribution in [1.29, 1.82) is 0 Å². The molecule has 0 saturated heterocycles. The minimum Gasteiger partial charge on any atom is -0.375 e. The van der Waals surface area contributed by atoms with Crippen LogP contribution >= 0.6 is 11.3 Å². The number of hydrogen-bond donors (Lipinski definition) is 2. The van der Waals surface area contributed by atoms with Crippen LogP contribution in [-0.2, 0) is 0 Å². The maximum Gasteiger partial charge on any atom is 0.263 e. The maximum atomic E-state index is 12.0. The summed E-state index contributed by atoms with van der Waals surface area (Å²) in [5, 5.41) is 3.37. The van der Waals surface area contributed by atoms with Gasteiger partial charge in [0.25, 0.3) is 5.91 Å². The first kappa shape index (κ1) is 15.9. The first-order chi connectivity index (χ1) is 8.82. The van der Waals surface area contributed by atoms with Crippen LogP contribution in [0.15, 0.2) is 0 Å². The van der Waals surface area contributed by atoms with Gasteiger partial charge in [-0.05, 0) is 34.6 Å². The minimum absolute atomic E-state index is 0.0841. The fourth-order valence-corrected chi connectivity index (χ4v) is 2.87. The van der Waals surface area contributed by atoms with E-state index < -0.39 is 0 Å². The molecule has 0 atom stereocenters. The normalized spacial score (nSPS) is 11.6. The lowest BCUT2D eigenvalue weighted by molar-refractivity contribution is 0.0942. The van der Waals surface area contributed by atoms with Crippen LogP contribution in [0.1, 0.15) is 43.1 Å². The number of amides is 1. The van der Waals surface area contributed by atoms with Gasteiger partial charge in [0, 0.05) is 25.2 Å². The Labute approximate surface area is 119 Å². The molecule has 0 aliphatic heterocycles. The Hall–Kier alpha value is -1.14. The van der Waals surface area contributed by atoms with Crippen molar-refractivity contribution in [3.05, 3.63) is 10.6 Å². The van der Waals surface area contributed by atoms with Gasteiger partial charge in [-0.15, -0.1) is 0 Å². The van der Waals surface area contributed by atoms with E-state index in [1.165, 1.54) is 11.3 Å². The van der Waals surface area contributed by atoms with Gasteiger partial charge >= 0.3 is 0 Å². The van der Waals surface area contributed by atoms with Gasteiger partial charge in [-0.2, -0.15) is 0 Å². The van der Waals surface area contributed by atoms with Gasteiger partial charge in [-0.1, -0.05) is 11.3 Å². The number of nitrogen functional groups attached to an aromatic ring is 1. The van der Waals surface area contributed by atoms with Crippen LogP contribution in [-0.4, -0.2) is 41.0 Å². The molecule has 19 heavy (non-hydrogen) atoms. The summed E-state index contributed by atoms with van der Waals surface area (Å²) in [4.78, 5) is 19.0. The molecule has 0 saturated carbocycles. The Bertz CT molecular complexity index is 420. The summed E-state index contributed by atoms with van der Waals surface area (Å²) in [7, 11) is 0. The molecule has 1 amide bonds. The summed E-state index contributed by atoms with van der Waals surface area (Å²) in [5.74, 6) is -0.0841. The van der Waals surface area contributed by atoms with Gasteiger partial charge in [-0.3, -0.25) is 9.69 Å². The van der Waals surface area contributed by atoms with Crippen molar-refractivity contribution in [2.45, 2.75) is 46.7 Å². The van der Waals surface area contributed by atoms with Crippen LogP contribution in [0.2, 0.25) is 0 Å². The van der Waals surface area contributed by atoms with E-state index in [1.54, 1.807) is 6.92 Å². The third-order valence-electron chi connectivity index (χ3n) is 3.00.